The molecule has 1 aromatic carbocycles. The number of hydrogen-bond acceptors (Lipinski definition) is 3. The van der Waals surface area contributed by atoms with Crippen LogP contribution in [0, 0.1) is 18.6 Å². The van der Waals surface area contributed by atoms with Crippen LogP contribution in [0.3, 0.4) is 0 Å². The molecule has 0 aliphatic carbocycles. The minimum Gasteiger partial charge on any atom is -0.320 e. The molecule has 1 atom stereocenters. The van der Waals surface area contributed by atoms with Gasteiger partial charge in [0.1, 0.15) is 11.5 Å². The number of carbonyl (C=O) groups is 1. The average molecular weight is 274 g/mol. The number of carbonyl (C=O) groups excluding carboxylic acids is 1. The third-order valence-corrected chi connectivity index (χ3v) is 3.15. The Kier molecular flexibility index (Phi) is 5.55. The van der Waals surface area contributed by atoms with Crippen LogP contribution in [-0.2, 0) is 4.79 Å². The van der Waals surface area contributed by atoms with E-state index in [-0.39, 0.29) is 5.56 Å². The summed E-state index contributed by atoms with van der Waals surface area (Å²) < 4.78 is 27.0. The molecule has 0 aliphatic heterocycles. The molecular weight excluding hydrogens is 258 g/mol. The van der Waals surface area contributed by atoms with E-state index in [0.717, 1.165) is 6.07 Å². The molecule has 0 heterocycles. The molecule has 0 fully saturated rings. The minimum atomic E-state index is -0.802. The van der Waals surface area contributed by atoms with Crippen LogP contribution < -0.4 is 11.1 Å². The van der Waals surface area contributed by atoms with Crippen molar-refractivity contribution in [1.82, 2.24) is 0 Å². The van der Waals surface area contributed by atoms with Gasteiger partial charge in [0.05, 0.1) is 6.04 Å². The zero-order valence-corrected chi connectivity index (χ0v) is 11.1. The maximum atomic E-state index is 13.6. The van der Waals surface area contributed by atoms with Crippen LogP contribution in [0.1, 0.15) is 12.0 Å². The third kappa shape index (κ3) is 3.68. The van der Waals surface area contributed by atoms with Crippen molar-refractivity contribution in [2.24, 2.45) is 5.73 Å². The van der Waals surface area contributed by atoms with Gasteiger partial charge < -0.3 is 11.1 Å². The predicted molar refractivity (Wildman–Crippen MR) is 70.7 cm³/mol. The molecule has 0 radical (unpaired) electrons. The molecule has 0 saturated carbocycles. The van der Waals surface area contributed by atoms with E-state index in [2.05, 4.69) is 5.32 Å². The van der Waals surface area contributed by atoms with Crippen LogP contribution in [0.25, 0.3) is 0 Å². The second-order valence-electron chi connectivity index (χ2n) is 3.93. The van der Waals surface area contributed by atoms with E-state index < -0.39 is 29.3 Å². The van der Waals surface area contributed by atoms with Crippen molar-refractivity contribution in [2.45, 2.75) is 19.4 Å². The van der Waals surface area contributed by atoms with Gasteiger partial charge in [0.2, 0.25) is 5.91 Å². The molecule has 0 bridgehead atoms. The van der Waals surface area contributed by atoms with Crippen molar-refractivity contribution >= 4 is 23.4 Å². The summed E-state index contributed by atoms with van der Waals surface area (Å²) in [4.78, 5) is 11.7. The van der Waals surface area contributed by atoms with E-state index in [1.165, 1.54) is 13.0 Å². The first-order valence-corrected chi connectivity index (χ1v) is 6.86. The molecular formula is C12H16F2N2OS. The predicted octanol–water partition coefficient (Wildman–Crippen LogP) is 2.29. The topological polar surface area (TPSA) is 55.1 Å². The highest BCUT2D eigenvalue weighted by Gasteiger charge is 2.18. The van der Waals surface area contributed by atoms with Crippen LogP contribution >= 0.6 is 11.8 Å². The van der Waals surface area contributed by atoms with E-state index in [9.17, 15) is 13.6 Å². The van der Waals surface area contributed by atoms with Gasteiger partial charge in [0.15, 0.2) is 5.82 Å². The molecule has 0 saturated heterocycles. The third-order valence-electron chi connectivity index (χ3n) is 2.50. The number of thioether (sulfide) groups is 1. The summed E-state index contributed by atoms with van der Waals surface area (Å²) in [5.74, 6) is -1.43. The van der Waals surface area contributed by atoms with Crippen molar-refractivity contribution < 1.29 is 13.6 Å². The van der Waals surface area contributed by atoms with Crippen LogP contribution in [0.4, 0.5) is 14.5 Å². The van der Waals surface area contributed by atoms with Gasteiger partial charge in [-0.2, -0.15) is 11.8 Å². The van der Waals surface area contributed by atoms with Gasteiger partial charge in [-0.25, -0.2) is 8.78 Å². The van der Waals surface area contributed by atoms with E-state index in [1.807, 2.05) is 6.26 Å². The summed E-state index contributed by atoms with van der Waals surface area (Å²) >= 11 is 1.55. The van der Waals surface area contributed by atoms with Crippen molar-refractivity contribution in [3.63, 3.8) is 0 Å². The van der Waals surface area contributed by atoms with Gasteiger partial charge in [0.25, 0.3) is 0 Å². The number of halogens is 2. The van der Waals surface area contributed by atoms with Gasteiger partial charge in [-0.15, -0.1) is 0 Å². The van der Waals surface area contributed by atoms with Crippen molar-refractivity contribution in [3.05, 3.63) is 29.3 Å². The number of nitrogens with one attached hydrogen (secondary N) is 1. The fourth-order valence-corrected chi connectivity index (χ4v) is 1.85. The first-order valence-electron chi connectivity index (χ1n) is 5.47. The van der Waals surface area contributed by atoms with Gasteiger partial charge in [-0.05, 0) is 37.0 Å². The Morgan fingerprint density at radius 2 is 2.17 bits per heavy atom. The fraction of sp³-hybridized carbons (Fsp3) is 0.417. The van der Waals surface area contributed by atoms with Crippen molar-refractivity contribution in [1.29, 1.82) is 0 Å². The molecule has 3 nitrogen and oxygen atoms in total. The largest absolute Gasteiger partial charge is 0.320 e. The Bertz CT molecular complexity index is 440. The van der Waals surface area contributed by atoms with Gasteiger partial charge >= 0.3 is 0 Å². The summed E-state index contributed by atoms with van der Waals surface area (Å²) in [6.45, 7) is 1.50. The number of anilines is 1. The van der Waals surface area contributed by atoms with E-state index >= 15 is 0 Å². The number of amides is 1. The fourth-order valence-electron chi connectivity index (χ4n) is 1.36. The van der Waals surface area contributed by atoms with Gasteiger partial charge in [0, 0.05) is 0 Å². The normalized spacial score (nSPS) is 12.3. The van der Waals surface area contributed by atoms with E-state index in [0.29, 0.717) is 12.2 Å². The second kappa shape index (κ2) is 6.70. The molecule has 0 aliphatic rings. The Balaban J connectivity index is 2.79. The molecule has 18 heavy (non-hydrogen) atoms. The summed E-state index contributed by atoms with van der Waals surface area (Å²) in [6, 6.07) is 1.66. The van der Waals surface area contributed by atoms with E-state index in [4.69, 9.17) is 5.73 Å². The molecule has 0 unspecified atom stereocenters. The zero-order chi connectivity index (χ0) is 13.7. The Hall–Kier alpha value is -1.14. The highest BCUT2D eigenvalue weighted by molar-refractivity contribution is 7.98. The maximum Gasteiger partial charge on any atom is 0.241 e. The van der Waals surface area contributed by atoms with Gasteiger partial charge in [-0.1, -0.05) is 6.07 Å². The number of hydrogen-bond donors (Lipinski definition) is 2. The van der Waals surface area contributed by atoms with Crippen molar-refractivity contribution in [3.8, 4) is 0 Å². The Labute approximate surface area is 109 Å². The van der Waals surface area contributed by atoms with Crippen LogP contribution in [0.15, 0.2) is 12.1 Å². The zero-order valence-electron chi connectivity index (χ0n) is 10.3. The molecule has 6 heteroatoms. The lowest BCUT2D eigenvalue weighted by Gasteiger charge is -2.13. The van der Waals surface area contributed by atoms with Gasteiger partial charge in [-0.3, -0.25) is 4.79 Å². The molecule has 3 N–H and O–H groups in total. The number of aryl methyl sites for hydroxylation is 1. The smallest absolute Gasteiger partial charge is 0.241 e. The monoisotopic (exact) mass is 274 g/mol. The maximum absolute atomic E-state index is 13.6. The standard InChI is InChI=1S/C12H16F2N2OS/c1-7-3-4-8(13)11(10(7)14)16-12(17)9(15)5-6-18-2/h3-4,9H,5-6,15H2,1-2H3,(H,16,17)/t9-/m0/s1. The van der Waals surface area contributed by atoms with Crippen molar-refractivity contribution in [2.75, 3.05) is 17.3 Å². The SMILES string of the molecule is CSCC[C@H](N)C(=O)Nc1c(F)ccc(C)c1F. The first-order chi connectivity index (χ1) is 8.47. The molecule has 1 rings (SSSR count). The lowest BCUT2D eigenvalue weighted by molar-refractivity contribution is -0.117. The van der Waals surface area contributed by atoms with Crippen LogP contribution in [0.2, 0.25) is 0 Å². The molecule has 100 valence electrons. The summed E-state index contributed by atoms with van der Waals surface area (Å²) in [5, 5.41) is 2.20. The lowest BCUT2D eigenvalue weighted by atomic mass is 10.1. The summed E-state index contributed by atoms with van der Waals surface area (Å²) in [6.07, 6.45) is 2.35. The molecule has 0 aromatic heterocycles. The molecule has 1 amide bonds. The number of benzene rings is 1. The number of rotatable bonds is 5. The average Bonchev–Trinajstić information content (AvgIpc) is 2.36. The molecule has 0 spiro atoms. The lowest BCUT2D eigenvalue weighted by Crippen LogP contribution is -2.36. The van der Waals surface area contributed by atoms with Crippen LogP contribution in [0.5, 0.6) is 0 Å². The number of nitrogens with two attached hydrogens (primary N) is 1. The summed E-state index contributed by atoms with van der Waals surface area (Å²) in [5.41, 5.74) is 5.46. The Morgan fingerprint density at radius 3 is 2.78 bits per heavy atom. The van der Waals surface area contributed by atoms with E-state index in [1.54, 1.807) is 11.8 Å². The molecule has 1 aromatic rings. The first kappa shape index (κ1) is 14.9. The highest BCUT2D eigenvalue weighted by Crippen LogP contribution is 2.21. The minimum absolute atomic E-state index is 0.268. The summed E-state index contributed by atoms with van der Waals surface area (Å²) in [7, 11) is 0. The Morgan fingerprint density at radius 1 is 1.50 bits per heavy atom. The second-order valence-corrected chi connectivity index (χ2v) is 4.92. The highest BCUT2D eigenvalue weighted by atomic mass is 32.2. The van der Waals surface area contributed by atoms with Crippen LogP contribution in [-0.4, -0.2) is 24.0 Å². The quantitative estimate of drug-likeness (QED) is 0.866.